The Kier molecular flexibility index (Phi) is 6.09. The molecule has 4 saturated carbocycles. The average Bonchev–Trinajstić information content (AvgIpc) is 2.71. The second-order valence-electron chi connectivity index (χ2n) is 10.2. The summed E-state index contributed by atoms with van der Waals surface area (Å²) in [6.07, 6.45) is 11.1. The van der Waals surface area contributed by atoms with Crippen LogP contribution in [0.3, 0.4) is 0 Å². The molecule has 2 unspecified atom stereocenters. The first kappa shape index (κ1) is 21.2. The fraction of sp³-hybridized carbons (Fsp3) is 0.792. The van der Waals surface area contributed by atoms with Gasteiger partial charge in [0.2, 0.25) is 0 Å². The third-order valence-electron chi connectivity index (χ3n) is 8.10. The van der Waals surface area contributed by atoms with Crippen LogP contribution in [0.15, 0.2) is 11.8 Å². The molecule has 4 bridgehead atoms. The lowest BCUT2D eigenvalue weighted by molar-refractivity contribution is -0.149. The fourth-order valence-electron chi connectivity index (χ4n) is 7.03. The first-order valence-corrected chi connectivity index (χ1v) is 11.8. The number of nitrogens with zero attached hydrogens (tertiary/aromatic N) is 2. The van der Waals surface area contributed by atoms with Crippen LogP contribution >= 0.6 is 0 Å². The molecule has 1 amide bonds. The molecule has 164 valence electrons. The molecule has 1 N–H and O–H groups in total. The van der Waals surface area contributed by atoms with E-state index in [0.29, 0.717) is 13.2 Å². The molecule has 4 aliphatic carbocycles. The zero-order valence-corrected chi connectivity index (χ0v) is 18.4. The number of carbonyl (C=O) groups excluding carboxylic acids is 2. The summed E-state index contributed by atoms with van der Waals surface area (Å²) >= 11 is 0. The monoisotopic (exact) mass is 413 g/mol. The minimum atomic E-state index is -0.279. The number of rotatable bonds is 6. The topological polar surface area (TPSA) is 82.4 Å². The molecule has 0 aromatic rings. The van der Waals surface area contributed by atoms with Crippen LogP contribution in [0.1, 0.15) is 65.2 Å². The molecule has 1 heterocycles. The molecular weight excluding hydrogens is 378 g/mol. The zero-order valence-electron chi connectivity index (χ0n) is 18.4. The highest BCUT2D eigenvalue weighted by Gasteiger charge is 2.53. The van der Waals surface area contributed by atoms with Crippen LogP contribution in [-0.2, 0) is 14.3 Å². The zero-order chi connectivity index (χ0) is 21.3. The van der Waals surface area contributed by atoms with Crippen LogP contribution in [0.4, 0.5) is 0 Å². The van der Waals surface area contributed by atoms with Gasteiger partial charge in [0.05, 0.1) is 12.5 Å². The minimum Gasteiger partial charge on any atom is -0.466 e. The van der Waals surface area contributed by atoms with E-state index in [2.05, 4.69) is 18.3 Å². The van der Waals surface area contributed by atoms with Gasteiger partial charge in [-0.15, -0.1) is 0 Å². The van der Waals surface area contributed by atoms with Gasteiger partial charge in [-0.3, -0.25) is 9.59 Å². The second kappa shape index (κ2) is 8.61. The first-order valence-electron chi connectivity index (χ1n) is 11.8. The van der Waals surface area contributed by atoms with E-state index in [9.17, 15) is 14.9 Å². The number of hydrogen-bond acceptors (Lipinski definition) is 5. The molecule has 2 atom stereocenters. The number of nitrogens with one attached hydrogen (secondary N) is 1. The lowest BCUT2D eigenvalue weighted by Crippen LogP contribution is -2.56. The molecule has 6 heteroatoms. The Morgan fingerprint density at radius 1 is 1.23 bits per heavy atom. The second-order valence-corrected chi connectivity index (χ2v) is 10.2. The molecule has 5 aliphatic rings. The largest absolute Gasteiger partial charge is 0.466 e. The molecule has 5 fully saturated rings. The number of ether oxygens (including phenoxy) is 1. The molecule has 0 aromatic heterocycles. The molecule has 30 heavy (non-hydrogen) atoms. The summed E-state index contributed by atoms with van der Waals surface area (Å²) in [5.74, 6) is 1.83. The van der Waals surface area contributed by atoms with Crippen molar-refractivity contribution in [3.05, 3.63) is 11.8 Å². The lowest BCUT2D eigenvalue weighted by Gasteiger charge is -2.59. The molecule has 0 radical (unpaired) electrons. The summed E-state index contributed by atoms with van der Waals surface area (Å²) in [5.41, 5.74) is 0.349. The van der Waals surface area contributed by atoms with Gasteiger partial charge in [0.25, 0.3) is 5.91 Å². The Hall–Kier alpha value is -2.03. The van der Waals surface area contributed by atoms with Gasteiger partial charge >= 0.3 is 5.97 Å². The van der Waals surface area contributed by atoms with Gasteiger partial charge in [-0.1, -0.05) is 0 Å². The van der Waals surface area contributed by atoms with Gasteiger partial charge < -0.3 is 15.0 Å². The van der Waals surface area contributed by atoms with E-state index in [1.54, 1.807) is 6.20 Å². The van der Waals surface area contributed by atoms with Gasteiger partial charge in [0.15, 0.2) is 0 Å². The van der Waals surface area contributed by atoms with Gasteiger partial charge in [0, 0.05) is 25.3 Å². The van der Waals surface area contributed by atoms with Crippen LogP contribution in [-0.4, -0.2) is 42.5 Å². The summed E-state index contributed by atoms with van der Waals surface area (Å²) in [6, 6.07) is 2.18. The van der Waals surface area contributed by atoms with Crippen LogP contribution < -0.4 is 5.32 Å². The van der Waals surface area contributed by atoms with Gasteiger partial charge in [-0.05, 0) is 88.4 Å². The third kappa shape index (κ3) is 4.22. The van der Waals surface area contributed by atoms with Crippen molar-refractivity contribution in [1.82, 2.24) is 10.2 Å². The summed E-state index contributed by atoms with van der Waals surface area (Å²) in [7, 11) is 0. The maximum atomic E-state index is 12.9. The highest BCUT2D eigenvalue weighted by molar-refractivity contribution is 5.97. The van der Waals surface area contributed by atoms with Crippen molar-refractivity contribution in [1.29, 1.82) is 5.26 Å². The molecule has 1 aliphatic heterocycles. The van der Waals surface area contributed by atoms with Crippen LogP contribution in [0.25, 0.3) is 0 Å². The maximum Gasteiger partial charge on any atom is 0.310 e. The number of carbonyl (C=O) groups is 2. The van der Waals surface area contributed by atoms with E-state index in [0.717, 1.165) is 37.1 Å². The van der Waals surface area contributed by atoms with Crippen molar-refractivity contribution >= 4 is 11.9 Å². The van der Waals surface area contributed by atoms with Gasteiger partial charge in [0.1, 0.15) is 11.6 Å². The minimum absolute atomic E-state index is 0.0868. The van der Waals surface area contributed by atoms with E-state index in [-0.39, 0.29) is 34.8 Å². The smallest absolute Gasteiger partial charge is 0.310 e. The van der Waals surface area contributed by atoms with Gasteiger partial charge in [-0.25, -0.2) is 0 Å². The molecule has 6 nitrogen and oxygen atoms in total. The van der Waals surface area contributed by atoms with E-state index in [1.807, 2.05) is 11.8 Å². The van der Waals surface area contributed by atoms with Crippen molar-refractivity contribution in [2.75, 3.05) is 19.7 Å². The summed E-state index contributed by atoms with van der Waals surface area (Å²) < 4.78 is 5.15. The number of nitriles is 1. The summed E-state index contributed by atoms with van der Waals surface area (Å²) in [5, 5.41) is 12.8. The number of likely N-dealkylation sites (tertiary alicyclic amines) is 1. The molecule has 1 saturated heterocycles. The quantitative estimate of drug-likeness (QED) is 0.410. The highest BCUT2D eigenvalue weighted by atomic mass is 16.5. The van der Waals surface area contributed by atoms with E-state index in [4.69, 9.17) is 4.74 Å². The van der Waals surface area contributed by atoms with E-state index >= 15 is 0 Å². The Balaban J connectivity index is 1.39. The highest BCUT2D eigenvalue weighted by Crippen LogP contribution is 2.61. The maximum absolute atomic E-state index is 12.9. The fourth-order valence-corrected chi connectivity index (χ4v) is 7.03. The standard InChI is InChI=1S/C24H35N3O3/c1-3-30-23(29)20-5-4-6-27(14-20)15-21(13-25)22(28)26-16(2)24-10-17-7-18(11-24)9-19(8-17)12-24/h15-20H,3-12,14H2,1-2H3,(H,26,28)/b21-15-. The van der Waals surface area contributed by atoms with Crippen molar-refractivity contribution in [2.45, 2.75) is 71.3 Å². The van der Waals surface area contributed by atoms with Gasteiger partial charge in [-0.2, -0.15) is 5.26 Å². The molecular formula is C24H35N3O3. The Labute approximate surface area is 180 Å². The van der Waals surface area contributed by atoms with Crippen molar-refractivity contribution in [3.8, 4) is 6.07 Å². The van der Waals surface area contributed by atoms with Crippen LogP contribution in [0.2, 0.25) is 0 Å². The number of hydrogen-bond donors (Lipinski definition) is 1. The number of esters is 1. The first-order chi connectivity index (χ1) is 14.4. The third-order valence-corrected chi connectivity index (χ3v) is 8.10. The summed E-state index contributed by atoms with van der Waals surface area (Å²) in [6.45, 7) is 5.57. The lowest BCUT2D eigenvalue weighted by atomic mass is 9.48. The SMILES string of the molecule is CCOC(=O)C1CCCN(/C=C(/C#N)C(=O)NC(C)C23CC4CC(CC(C4)C2)C3)C1. The van der Waals surface area contributed by atoms with Crippen LogP contribution in [0.5, 0.6) is 0 Å². The average molecular weight is 414 g/mol. The number of piperidine rings is 1. The predicted octanol–water partition coefficient (Wildman–Crippen LogP) is 3.39. The van der Waals surface area contributed by atoms with Crippen molar-refractivity contribution in [2.24, 2.45) is 29.1 Å². The van der Waals surface area contributed by atoms with E-state index in [1.165, 1.54) is 38.5 Å². The predicted molar refractivity (Wildman–Crippen MR) is 113 cm³/mol. The Bertz CT molecular complexity index is 718. The normalized spacial score (nSPS) is 36.2. The van der Waals surface area contributed by atoms with E-state index < -0.39 is 0 Å². The Morgan fingerprint density at radius 3 is 2.43 bits per heavy atom. The number of amides is 1. The van der Waals surface area contributed by atoms with Crippen molar-refractivity contribution in [3.63, 3.8) is 0 Å². The van der Waals surface area contributed by atoms with Crippen molar-refractivity contribution < 1.29 is 14.3 Å². The summed E-state index contributed by atoms with van der Waals surface area (Å²) in [4.78, 5) is 26.9. The Morgan fingerprint density at radius 2 is 1.87 bits per heavy atom. The molecule has 5 rings (SSSR count). The molecule has 0 spiro atoms. The van der Waals surface area contributed by atoms with Crippen LogP contribution in [0, 0.1) is 40.4 Å². The molecule has 0 aromatic carbocycles.